The molecule has 130 valence electrons. The van der Waals surface area contributed by atoms with Crippen LogP contribution in [0.15, 0.2) is 47.5 Å². The first-order valence-corrected chi connectivity index (χ1v) is 9.15. The van der Waals surface area contributed by atoms with Crippen molar-refractivity contribution in [2.45, 2.75) is 19.4 Å². The zero-order chi connectivity index (χ0) is 18.1. The van der Waals surface area contributed by atoms with Crippen LogP contribution in [-0.4, -0.2) is 18.0 Å². The third kappa shape index (κ3) is 3.23. The summed E-state index contributed by atoms with van der Waals surface area (Å²) in [6.07, 6.45) is 1.96. The molecule has 0 atom stereocenters. The summed E-state index contributed by atoms with van der Waals surface area (Å²) in [6.45, 7) is 0.648. The van der Waals surface area contributed by atoms with Crippen molar-refractivity contribution >= 4 is 45.1 Å². The maximum Gasteiger partial charge on any atom is 0.224 e. The van der Waals surface area contributed by atoms with E-state index in [0.29, 0.717) is 12.2 Å². The molecule has 2 aromatic carbocycles. The van der Waals surface area contributed by atoms with Crippen molar-refractivity contribution in [3.8, 4) is 10.4 Å². The third-order valence-corrected chi connectivity index (χ3v) is 5.49. The Labute approximate surface area is 154 Å². The summed E-state index contributed by atoms with van der Waals surface area (Å²) < 4.78 is 1.23. The van der Waals surface area contributed by atoms with Gasteiger partial charge < -0.3 is 11.1 Å². The molecule has 2 amide bonds. The molecule has 2 heterocycles. The Kier molecular flexibility index (Phi) is 4.26. The van der Waals surface area contributed by atoms with Gasteiger partial charge >= 0.3 is 0 Å². The molecular formula is C20H17N3O2S. The highest BCUT2D eigenvalue weighted by molar-refractivity contribution is 7.22. The highest BCUT2D eigenvalue weighted by Crippen LogP contribution is 2.39. The van der Waals surface area contributed by atoms with Crippen molar-refractivity contribution < 1.29 is 9.59 Å². The minimum Gasteiger partial charge on any atom is -0.370 e. The topological polar surface area (TPSA) is 84.5 Å². The standard InChI is InChI=1S/C20H17N3O2S/c21-19(24)5-6-20(25)23-14-7-13-10-22-11-16(13)15(9-14)18-8-12-3-1-2-4-17(12)26-18/h1-4,7-10H,5-6,11H2,(H2,21,24)(H,23,25). The van der Waals surface area contributed by atoms with Gasteiger partial charge in [0, 0.05) is 39.9 Å². The molecule has 6 heteroatoms. The molecule has 0 spiro atoms. The molecule has 0 saturated heterocycles. The van der Waals surface area contributed by atoms with E-state index in [2.05, 4.69) is 28.5 Å². The molecule has 0 bridgehead atoms. The van der Waals surface area contributed by atoms with Crippen molar-refractivity contribution in [3.63, 3.8) is 0 Å². The van der Waals surface area contributed by atoms with Crippen LogP contribution in [0.1, 0.15) is 24.0 Å². The van der Waals surface area contributed by atoms with Gasteiger partial charge in [-0.3, -0.25) is 14.6 Å². The number of benzene rings is 2. The molecule has 0 saturated carbocycles. The second-order valence-electron chi connectivity index (χ2n) is 6.22. The van der Waals surface area contributed by atoms with Crippen LogP contribution >= 0.6 is 11.3 Å². The van der Waals surface area contributed by atoms with Crippen LogP contribution in [0.25, 0.3) is 20.5 Å². The second kappa shape index (κ2) is 6.72. The van der Waals surface area contributed by atoms with E-state index in [9.17, 15) is 9.59 Å². The van der Waals surface area contributed by atoms with Crippen LogP contribution in [0.3, 0.4) is 0 Å². The molecule has 0 aliphatic carbocycles. The van der Waals surface area contributed by atoms with Gasteiger partial charge in [-0.05, 0) is 40.8 Å². The summed E-state index contributed by atoms with van der Waals surface area (Å²) in [6, 6.07) is 14.3. The number of hydrogen-bond acceptors (Lipinski definition) is 4. The van der Waals surface area contributed by atoms with Gasteiger partial charge in [0.1, 0.15) is 0 Å². The molecule has 0 unspecified atom stereocenters. The van der Waals surface area contributed by atoms with Gasteiger partial charge in [-0.25, -0.2) is 0 Å². The molecule has 4 rings (SSSR count). The Balaban J connectivity index is 1.69. The zero-order valence-corrected chi connectivity index (χ0v) is 14.8. The molecule has 1 aliphatic heterocycles. The SMILES string of the molecule is NC(=O)CCC(=O)Nc1cc2c(c(-c3cc4ccccc4s3)c1)CN=C2. The first-order valence-electron chi connectivity index (χ1n) is 8.34. The van der Waals surface area contributed by atoms with Crippen LogP contribution in [0.5, 0.6) is 0 Å². The monoisotopic (exact) mass is 363 g/mol. The highest BCUT2D eigenvalue weighted by atomic mass is 32.1. The number of nitrogens with zero attached hydrogens (tertiary/aromatic N) is 1. The number of carbonyl (C=O) groups is 2. The summed E-state index contributed by atoms with van der Waals surface area (Å²) in [4.78, 5) is 28.4. The summed E-state index contributed by atoms with van der Waals surface area (Å²) in [7, 11) is 0. The number of thiophene rings is 1. The average molecular weight is 363 g/mol. The Morgan fingerprint density at radius 1 is 1.15 bits per heavy atom. The van der Waals surface area contributed by atoms with Crippen molar-refractivity contribution in [2.75, 3.05) is 5.32 Å². The van der Waals surface area contributed by atoms with Crippen molar-refractivity contribution in [1.82, 2.24) is 0 Å². The quantitative estimate of drug-likeness (QED) is 0.724. The molecule has 3 N–H and O–H groups in total. The van der Waals surface area contributed by atoms with Gasteiger partial charge in [0.2, 0.25) is 11.8 Å². The van der Waals surface area contributed by atoms with Crippen molar-refractivity contribution in [3.05, 3.63) is 53.6 Å². The minimum atomic E-state index is -0.479. The number of primary amides is 1. The van der Waals surface area contributed by atoms with E-state index in [-0.39, 0.29) is 18.7 Å². The van der Waals surface area contributed by atoms with Gasteiger partial charge in [-0.1, -0.05) is 18.2 Å². The van der Waals surface area contributed by atoms with Crippen molar-refractivity contribution in [2.24, 2.45) is 10.7 Å². The smallest absolute Gasteiger partial charge is 0.224 e. The number of amides is 2. The Morgan fingerprint density at radius 3 is 2.81 bits per heavy atom. The van der Waals surface area contributed by atoms with E-state index in [4.69, 9.17) is 5.73 Å². The van der Waals surface area contributed by atoms with Gasteiger partial charge in [0.05, 0.1) is 6.54 Å². The summed E-state index contributed by atoms with van der Waals surface area (Å²) in [5.41, 5.74) is 9.10. The maximum atomic E-state index is 12.1. The minimum absolute atomic E-state index is 0.0431. The lowest BCUT2D eigenvalue weighted by Crippen LogP contribution is -2.17. The van der Waals surface area contributed by atoms with E-state index >= 15 is 0 Å². The van der Waals surface area contributed by atoms with Gasteiger partial charge in [-0.15, -0.1) is 11.3 Å². The largest absolute Gasteiger partial charge is 0.370 e. The molecule has 26 heavy (non-hydrogen) atoms. The predicted octanol–water partition coefficient (Wildman–Crippen LogP) is 3.70. The summed E-state index contributed by atoms with van der Waals surface area (Å²) in [5.74, 6) is -0.701. The Hall–Kier alpha value is -2.99. The number of hydrogen-bond donors (Lipinski definition) is 2. The number of aliphatic imine (C=N–C) groups is 1. The normalized spacial score (nSPS) is 12.3. The van der Waals surface area contributed by atoms with Gasteiger partial charge in [0.25, 0.3) is 0 Å². The Morgan fingerprint density at radius 2 is 2.00 bits per heavy atom. The number of carbonyl (C=O) groups excluding carboxylic acids is 2. The predicted molar refractivity (Wildman–Crippen MR) is 106 cm³/mol. The fourth-order valence-corrected chi connectivity index (χ4v) is 4.19. The van der Waals surface area contributed by atoms with E-state index in [1.165, 1.54) is 15.6 Å². The molecular weight excluding hydrogens is 346 g/mol. The molecule has 0 radical (unpaired) electrons. The van der Waals surface area contributed by atoms with E-state index in [0.717, 1.165) is 16.0 Å². The fraction of sp³-hybridized carbons (Fsp3) is 0.150. The van der Waals surface area contributed by atoms with Crippen LogP contribution in [0.4, 0.5) is 5.69 Å². The number of rotatable bonds is 5. The summed E-state index contributed by atoms with van der Waals surface area (Å²) in [5, 5.41) is 4.07. The lowest BCUT2D eigenvalue weighted by molar-refractivity contribution is -0.122. The maximum absolute atomic E-state index is 12.1. The van der Waals surface area contributed by atoms with E-state index < -0.39 is 5.91 Å². The highest BCUT2D eigenvalue weighted by Gasteiger charge is 2.17. The van der Waals surface area contributed by atoms with Crippen LogP contribution in [0, 0.1) is 0 Å². The third-order valence-electron chi connectivity index (χ3n) is 4.34. The van der Waals surface area contributed by atoms with E-state index in [1.807, 2.05) is 30.5 Å². The van der Waals surface area contributed by atoms with E-state index in [1.54, 1.807) is 11.3 Å². The van der Waals surface area contributed by atoms with Crippen LogP contribution in [0.2, 0.25) is 0 Å². The fourth-order valence-electron chi connectivity index (χ4n) is 3.09. The zero-order valence-electron chi connectivity index (χ0n) is 14.0. The lowest BCUT2D eigenvalue weighted by Gasteiger charge is -2.11. The van der Waals surface area contributed by atoms with Gasteiger partial charge in [0.15, 0.2) is 0 Å². The van der Waals surface area contributed by atoms with Gasteiger partial charge in [-0.2, -0.15) is 0 Å². The first-order chi connectivity index (χ1) is 12.6. The first kappa shape index (κ1) is 16.5. The number of nitrogens with two attached hydrogens (primary N) is 1. The number of nitrogens with one attached hydrogen (secondary N) is 1. The van der Waals surface area contributed by atoms with Crippen LogP contribution < -0.4 is 11.1 Å². The number of fused-ring (bicyclic) bond motifs is 2. The molecule has 3 aromatic rings. The second-order valence-corrected chi connectivity index (χ2v) is 7.31. The Bertz CT molecular complexity index is 1020. The molecule has 1 aliphatic rings. The lowest BCUT2D eigenvalue weighted by atomic mass is 10.00. The van der Waals surface area contributed by atoms with Crippen LogP contribution in [-0.2, 0) is 16.1 Å². The molecule has 1 aromatic heterocycles. The number of anilines is 1. The molecule has 0 fully saturated rings. The van der Waals surface area contributed by atoms with Crippen molar-refractivity contribution in [1.29, 1.82) is 0 Å². The summed E-state index contributed by atoms with van der Waals surface area (Å²) >= 11 is 1.73. The average Bonchev–Trinajstić information content (AvgIpc) is 3.25. The molecule has 5 nitrogen and oxygen atoms in total.